The summed E-state index contributed by atoms with van der Waals surface area (Å²) in [5.74, 6) is 1.76. The Balaban J connectivity index is 1.96. The Labute approximate surface area is 116 Å². The van der Waals surface area contributed by atoms with Crippen LogP contribution in [0.15, 0.2) is 18.2 Å². The molecule has 19 heavy (non-hydrogen) atoms. The molecule has 1 fully saturated rings. The van der Waals surface area contributed by atoms with E-state index in [1.807, 2.05) is 12.1 Å². The molecule has 2 rings (SSSR count). The van der Waals surface area contributed by atoms with Gasteiger partial charge in [-0.1, -0.05) is 18.9 Å². The van der Waals surface area contributed by atoms with Crippen LogP contribution in [0.25, 0.3) is 0 Å². The lowest BCUT2D eigenvalue weighted by Gasteiger charge is -2.20. The van der Waals surface area contributed by atoms with Crippen LogP contribution in [0.5, 0.6) is 11.5 Å². The number of benzene rings is 1. The van der Waals surface area contributed by atoms with E-state index in [2.05, 4.69) is 18.3 Å². The fourth-order valence-electron chi connectivity index (χ4n) is 2.90. The molecule has 3 nitrogen and oxygen atoms in total. The number of ether oxygens (including phenoxy) is 2. The lowest BCUT2D eigenvalue weighted by atomic mass is 10.0. The zero-order valence-electron chi connectivity index (χ0n) is 12.2. The van der Waals surface area contributed by atoms with Gasteiger partial charge in [0.05, 0.1) is 14.2 Å². The molecule has 0 saturated heterocycles. The minimum Gasteiger partial charge on any atom is -0.497 e. The summed E-state index contributed by atoms with van der Waals surface area (Å²) in [4.78, 5) is 0. The molecule has 3 heteroatoms. The molecule has 0 radical (unpaired) electrons. The summed E-state index contributed by atoms with van der Waals surface area (Å²) in [5, 5.41) is 3.72. The largest absolute Gasteiger partial charge is 0.497 e. The van der Waals surface area contributed by atoms with E-state index in [1.165, 1.54) is 31.2 Å². The summed E-state index contributed by atoms with van der Waals surface area (Å²) in [6.45, 7) is 2.25. The predicted octanol–water partition coefficient (Wildman–Crippen LogP) is 3.17. The Hall–Kier alpha value is -1.22. The molecule has 0 bridgehead atoms. The Morgan fingerprint density at radius 3 is 2.58 bits per heavy atom. The molecule has 0 aromatic heterocycles. The summed E-state index contributed by atoms with van der Waals surface area (Å²) < 4.78 is 10.7. The van der Waals surface area contributed by atoms with Crippen LogP contribution in [-0.2, 0) is 6.42 Å². The van der Waals surface area contributed by atoms with Crippen LogP contribution in [0.2, 0.25) is 0 Å². The van der Waals surface area contributed by atoms with Gasteiger partial charge in [-0.25, -0.2) is 0 Å². The van der Waals surface area contributed by atoms with E-state index in [0.717, 1.165) is 17.9 Å². The highest BCUT2D eigenvalue weighted by Crippen LogP contribution is 2.26. The maximum atomic E-state index is 5.45. The van der Waals surface area contributed by atoms with Crippen molar-refractivity contribution >= 4 is 0 Å². The average Bonchev–Trinajstić information content (AvgIpc) is 2.91. The summed E-state index contributed by atoms with van der Waals surface area (Å²) >= 11 is 0. The number of rotatable bonds is 6. The molecule has 1 saturated carbocycles. The second kappa shape index (κ2) is 6.80. The predicted molar refractivity (Wildman–Crippen MR) is 78.1 cm³/mol. The van der Waals surface area contributed by atoms with Gasteiger partial charge in [-0.2, -0.15) is 0 Å². The Bertz CT molecular complexity index is 400. The van der Waals surface area contributed by atoms with E-state index in [4.69, 9.17) is 9.47 Å². The summed E-state index contributed by atoms with van der Waals surface area (Å²) in [6, 6.07) is 7.24. The van der Waals surface area contributed by atoms with Gasteiger partial charge in [0.1, 0.15) is 11.5 Å². The second-order valence-electron chi connectivity index (χ2n) is 5.43. The summed E-state index contributed by atoms with van der Waals surface area (Å²) in [7, 11) is 3.39. The minimum atomic E-state index is 0.477. The van der Waals surface area contributed by atoms with Crippen LogP contribution >= 0.6 is 0 Å². The van der Waals surface area contributed by atoms with E-state index >= 15 is 0 Å². The summed E-state index contributed by atoms with van der Waals surface area (Å²) in [6.07, 6.45) is 6.38. The monoisotopic (exact) mass is 263 g/mol. The molecule has 1 aliphatic rings. The molecule has 1 unspecified atom stereocenters. The number of hydrogen-bond acceptors (Lipinski definition) is 3. The first-order valence-corrected chi connectivity index (χ1v) is 7.20. The van der Waals surface area contributed by atoms with Crippen LogP contribution in [0.4, 0.5) is 0 Å². The van der Waals surface area contributed by atoms with Crippen molar-refractivity contribution in [1.29, 1.82) is 0 Å². The van der Waals surface area contributed by atoms with Gasteiger partial charge in [0.2, 0.25) is 0 Å². The Kier molecular flexibility index (Phi) is 5.08. The first kappa shape index (κ1) is 14.2. The lowest BCUT2D eigenvalue weighted by Crippen LogP contribution is -2.36. The first-order chi connectivity index (χ1) is 9.22. The van der Waals surface area contributed by atoms with E-state index in [0.29, 0.717) is 12.1 Å². The van der Waals surface area contributed by atoms with Gasteiger partial charge in [-0.15, -0.1) is 0 Å². The van der Waals surface area contributed by atoms with E-state index in [9.17, 15) is 0 Å². The molecule has 0 spiro atoms. The Morgan fingerprint density at radius 2 is 1.95 bits per heavy atom. The smallest absolute Gasteiger partial charge is 0.125 e. The highest BCUT2D eigenvalue weighted by atomic mass is 16.5. The SMILES string of the molecule is COc1ccc(CC(C)NC2CCCC2)c(OC)c1. The third-order valence-corrected chi connectivity index (χ3v) is 3.90. The van der Waals surface area contributed by atoms with Gasteiger partial charge >= 0.3 is 0 Å². The van der Waals surface area contributed by atoms with Crippen LogP contribution in [0.1, 0.15) is 38.2 Å². The van der Waals surface area contributed by atoms with Crippen molar-refractivity contribution in [3.8, 4) is 11.5 Å². The molecule has 0 aliphatic heterocycles. The fraction of sp³-hybridized carbons (Fsp3) is 0.625. The second-order valence-corrected chi connectivity index (χ2v) is 5.43. The van der Waals surface area contributed by atoms with Crippen molar-refractivity contribution in [2.75, 3.05) is 14.2 Å². The molecule has 106 valence electrons. The van der Waals surface area contributed by atoms with Crippen molar-refractivity contribution in [2.45, 2.75) is 51.1 Å². The molecule has 0 heterocycles. The first-order valence-electron chi connectivity index (χ1n) is 7.20. The van der Waals surface area contributed by atoms with Gasteiger partial charge in [-0.05, 0) is 37.8 Å². The molecule has 1 aromatic rings. The van der Waals surface area contributed by atoms with Crippen LogP contribution < -0.4 is 14.8 Å². The van der Waals surface area contributed by atoms with Gasteiger partial charge in [-0.3, -0.25) is 0 Å². The molecule has 1 aromatic carbocycles. The highest BCUT2D eigenvalue weighted by Gasteiger charge is 2.17. The molecular formula is C16H25NO2. The summed E-state index contributed by atoms with van der Waals surface area (Å²) in [5.41, 5.74) is 1.24. The Morgan fingerprint density at radius 1 is 1.21 bits per heavy atom. The topological polar surface area (TPSA) is 30.5 Å². The number of hydrogen-bond donors (Lipinski definition) is 1. The molecule has 0 amide bonds. The molecule has 1 aliphatic carbocycles. The number of nitrogens with one attached hydrogen (secondary N) is 1. The number of methoxy groups -OCH3 is 2. The molecular weight excluding hydrogens is 238 g/mol. The van der Waals surface area contributed by atoms with Gasteiger partial charge in [0.25, 0.3) is 0 Å². The van der Waals surface area contributed by atoms with Gasteiger partial charge < -0.3 is 14.8 Å². The molecule has 1 N–H and O–H groups in total. The highest BCUT2D eigenvalue weighted by molar-refractivity contribution is 5.41. The zero-order valence-corrected chi connectivity index (χ0v) is 12.2. The quantitative estimate of drug-likeness (QED) is 0.855. The van der Waals surface area contributed by atoms with E-state index < -0.39 is 0 Å². The lowest BCUT2D eigenvalue weighted by molar-refractivity contribution is 0.386. The van der Waals surface area contributed by atoms with Crippen molar-refractivity contribution < 1.29 is 9.47 Å². The van der Waals surface area contributed by atoms with Crippen LogP contribution in [0.3, 0.4) is 0 Å². The van der Waals surface area contributed by atoms with Gasteiger partial charge in [0.15, 0.2) is 0 Å². The minimum absolute atomic E-state index is 0.477. The van der Waals surface area contributed by atoms with E-state index in [1.54, 1.807) is 14.2 Å². The third kappa shape index (κ3) is 3.87. The van der Waals surface area contributed by atoms with Crippen LogP contribution in [-0.4, -0.2) is 26.3 Å². The van der Waals surface area contributed by atoms with Crippen molar-refractivity contribution in [1.82, 2.24) is 5.32 Å². The maximum Gasteiger partial charge on any atom is 0.125 e. The zero-order chi connectivity index (χ0) is 13.7. The third-order valence-electron chi connectivity index (χ3n) is 3.90. The van der Waals surface area contributed by atoms with Crippen molar-refractivity contribution in [3.63, 3.8) is 0 Å². The average molecular weight is 263 g/mol. The maximum absolute atomic E-state index is 5.45. The molecule has 1 atom stereocenters. The van der Waals surface area contributed by atoms with Gasteiger partial charge in [0, 0.05) is 18.2 Å². The van der Waals surface area contributed by atoms with E-state index in [-0.39, 0.29) is 0 Å². The standard InChI is InChI=1S/C16H25NO2/c1-12(17-14-6-4-5-7-14)10-13-8-9-15(18-2)11-16(13)19-3/h8-9,11-12,14,17H,4-7,10H2,1-3H3. The fourth-order valence-corrected chi connectivity index (χ4v) is 2.90. The van der Waals surface area contributed by atoms with Crippen molar-refractivity contribution in [3.05, 3.63) is 23.8 Å². The van der Waals surface area contributed by atoms with Crippen molar-refractivity contribution in [2.24, 2.45) is 0 Å². The van der Waals surface area contributed by atoms with Crippen LogP contribution in [0, 0.1) is 0 Å². The normalized spacial score (nSPS) is 17.4.